The molecule has 1 aliphatic carbocycles. The molecule has 2 aromatic carbocycles. The first kappa shape index (κ1) is 33.6. The summed E-state index contributed by atoms with van der Waals surface area (Å²) >= 11 is 1.22. The Bertz CT molecular complexity index is 1680. The van der Waals surface area contributed by atoms with Crippen LogP contribution >= 0.6 is 11.8 Å². The predicted octanol–water partition coefficient (Wildman–Crippen LogP) is 6.10. The molecule has 4 rings (SSSR count). The quantitative estimate of drug-likeness (QED) is 0.0792. The second-order valence-electron chi connectivity index (χ2n) is 11.1. The Kier molecular flexibility index (Phi) is 9.43. The molecule has 0 bridgehead atoms. The third-order valence-corrected chi connectivity index (χ3v) is 8.83. The summed E-state index contributed by atoms with van der Waals surface area (Å²) < 4.78 is 45.0. The minimum absolute atomic E-state index is 0.00306. The lowest BCUT2D eigenvalue weighted by molar-refractivity contribution is -0.137. The molecule has 0 fully saturated rings. The number of phenolic OH excluding ortho intramolecular Hbond substituents is 2. The van der Waals surface area contributed by atoms with Crippen LogP contribution in [0.1, 0.15) is 73.5 Å². The van der Waals surface area contributed by atoms with Gasteiger partial charge in [0.05, 0.1) is 22.4 Å². The number of Topliss-reactive ketones (excluding diaryl/α,β-unsaturated/α-hetero) is 2. The standard InChI is InChI=1S/C32H33F3N2O7S/c1-15-27(41)25(17(3)38)29-26(28(15)42)31(4)22(44-29)14-20(39)24(30(31)43)16(2)36-12-8-6-7-9-23(40)37-19-13-18(32(33,34)35)10-11-21(19)45-5/h10-11,13-14,36,41-42H,6-9,12H2,1-5H3,(H,37,40)/b24-16+. The Morgan fingerprint density at radius 2 is 1.76 bits per heavy atom. The van der Waals surface area contributed by atoms with Gasteiger partial charge in [0, 0.05) is 35.2 Å². The fourth-order valence-electron chi connectivity index (χ4n) is 5.51. The van der Waals surface area contributed by atoms with E-state index in [2.05, 4.69) is 10.6 Å². The number of fused-ring (bicyclic) bond motifs is 3. The normalized spacial score (nSPS) is 18.5. The maximum atomic E-state index is 13.8. The van der Waals surface area contributed by atoms with Gasteiger partial charge in [-0.15, -0.1) is 11.8 Å². The van der Waals surface area contributed by atoms with Gasteiger partial charge in [-0.05, 0) is 65.0 Å². The molecule has 0 radical (unpaired) electrons. The summed E-state index contributed by atoms with van der Waals surface area (Å²) in [6.45, 7) is 6.03. The van der Waals surface area contributed by atoms with E-state index in [0.29, 0.717) is 36.4 Å². The number of ketones is 3. The fourth-order valence-corrected chi connectivity index (χ4v) is 6.04. The zero-order chi connectivity index (χ0) is 33.4. The summed E-state index contributed by atoms with van der Waals surface area (Å²) in [4.78, 5) is 52.2. The van der Waals surface area contributed by atoms with Gasteiger partial charge < -0.3 is 25.6 Å². The largest absolute Gasteiger partial charge is 0.507 e. The maximum absolute atomic E-state index is 13.8. The number of carbonyl (C=O) groups excluding carboxylic acids is 4. The number of hydrogen-bond donors (Lipinski definition) is 4. The van der Waals surface area contributed by atoms with Crippen molar-refractivity contribution in [2.45, 2.75) is 69.9 Å². The second-order valence-corrected chi connectivity index (χ2v) is 11.9. The number of carbonyl (C=O) groups is 4. The van der Waals surface area contributed by atoms with Crippen molar-refractivity contribution in [3.05, 3.63) is 63.6 Å². The van der Waals surface area contributed by atoms with Crippen molar-refractivity contribution >= 4 is 40.7 Å². The van der Waals surface area contributed by atoms with Gasteiger partial charge in [0.25, 0.3) is 0 Å². The number of amides is 1. The van der Waals surface area contributed by atoms with E-state index in [4.69, 9.17) is 4.74 Å². The van der Waals surface area contributed by atoms with Crippen LogP contribution in [0.3, 0.4) is 0 Å². The molecule has 4 N–H and O–H groups in total. The zero-order valence-electron chi connectivity index (χ0n) is 25.3. The van der Waals surface area contributed by atoms with E-state index >= 15 is 0 Å². The molecule has 9 nitrogen and oxygen atoms in total. The number of benzene rings is 2. The van der Waals surface area contributed by atoms with Crippen LogP contribution in [0, 0.1) is 6.92 Å². The Balaban J connectivity index is 1.39. The highest BCUT2D eigenvalue weighted by molar-refractivity contribution is 7.98. The van der Waals surface area contributed by atoms with Gasteiger partial charge in [-0.3, -0.25) is 19.2 Å². The van der Waals surface area contributed by atoms with E-state index in [1.807, 2.05) is 0 Å². The molecule has 1 aliphatic heterocycles. The maximum Gasteiger partial charge on any atom is 0.416 e. The number of ether oxygens (including phenoxy) is 1. The average Bonchev–Trinajstić information content (AvgIpc) is 3.25. The highest BCUT2D eigenvalue weighted by Gasteiger charge is 2.56. The van der Waals surface area contributed by atoms with Gasteiger partial charge in [0.2, 0.25) is 5.91 Å². The van der Waals surface area contributed by atoms with Crippen molar-refractivity contribution in [1.29, 1.82) is 0 Å². The monoisotopic (exact) mass is 646 g/mol. The minimum Gasteiger partial charge on any atom is -0.507 e. The second kappa shape index (κ2) is 12.6. The van der Waals surface area contributed by atoms with E-state index in [9.17, 15) is 42.6 Å². The number of alkyl halides is 3. The van der Waals surface area contributed by atoms with Gasteiger partial charge in [-0.25, -0.2) is 0 Å². The topological polar surface area (TPSA) is 142 Å². The Labute approximate surface area is 261 Å². The molecule has 45 heavy (non-hydrogen) atoms. The van der Waals surface area contributed by atoms with Crippen LogP contribution in [0.15, 0.2) is 46.2 Å². The highest BCUT2D eigenvalue weighted by Crippen LogP contribution is 2.57. The van der Waals surface area contributed by atoms with E-state index in [1.54, 1.807) is 13.2 Å². The van der Waals surface area contributed by atoms with Crippen LogP contribution in [0.5, 0.6) is 17.2 Å². The number of aromatic hydroxyl groups is 2. The molecule has 1 heterocycles. The van der Waals surface area contributed by atoms with Crippen LogP contribution in [0.2, 0.25) is 0 Å². The number of nitrogens with one attached hydrogen (secondary N) is 2. The van der Waals surface area contributed by atoms with Crippen LogP contribution < -0.4 is 15.4 Å². The fraction of sp³-hybridized carbons (Fsp3) is 0.375. The Morgan fingerprint density at radius 1 is 1.07 bits per heavy atom. The highest BCUT2D eigenvalue weighted by atomic mass is 32.2. The van der Waals surface area contributed by atoms with E-state index in [-0.39, 0.29) is 45.9 Å². The molecule has 1 unspecified atom stereocenters. The van der Waals surface area contributed by atoms with Gasteiger partial charge >= 0.3 is 6.18 Å². The van der Waals surface area contributed by atoms with Gasteiger partial charge in [0.15, 0.2) is 17.3 Å². The molecule has 13 heteroatoms. The molecule has 0 saturated carbocycles. The molecule has 0 spiro atoms. The Morgan fingerprint density at radius 3 is 2.38 bits per heavy atom. The lowest BCUT2D eigenvalue weighted by atomic mass is 9.70. The van der Waals surface area contributed by atoms with Crippen LogP contribution in [-0.2, 0) is 26.0 Å². The van der Waals surface area contributed by atoms with Crippen molar-refractivity contribution < 1.29 is 47.3 Å². The number of thioether (sulfide) groups is 1. The minimum atomic E-state index is -4.53. The molecule has 2 aromatic rings. The summed E-state index contributed by atoms with van der Waals surface area (Å²) in [7, 11) is 0. The lowest BCUT2D eigenvalue weighted by Gasteiger charge is -2.29. The van der Waals surface area contributed by atoms with E-state index in [1.165, 1.54) is 38.6 Å². The first-order valence-corrected chi connectivity index (χ1v) is 15.3. The third kappa shape index (κ3) is 6.18. The summed E-state index contributed by atoms with van der Waals surface area (Å²) in [5.41, 5.74) is -2.39. The van der Waals surface area contributed by atoms with Crippen LogP contribution in [0.4, 0.5) is 18.9 Å². The number of halogens is 3. The van der Waals surface area contributed by atoms with Gasteiger partial charge in [-0.2, -0.15) is 13.2 Å². The zero-order valence-corrected chi connectivity index (χ0v) is 26.1. The molecule has 240 valence electrons. The van der Waals surface area contributed by atoms with Gasteiger partial charge in [-0.1, -0.05) is 6.42 Å². The van der Waals surface area contributed by atoms with Crippen molar-refractivity contribution in [1.82, 2.24) is 5.32 Å². The third-order valence-electron chi connectivity index (χ3n) is 8.03. The number of phenols is 2. The van der Waals surface area contributed by atoms with Crippen LogP contribution in [-0.4, -0.2) is 46.3 Å². The van der Waals surface area contributed by atoms with Crippen molar-refractivity contribution in [3.8, 4) is 17.2 Å². The molecule has 0 saturated heterocycles. The number of hydrogen-bond acceptors (Lipinski definition) is 9. The SMILES string of the molecule is CSc1ccc(C(F)(F)F)cc1NC(=O)CCCCCN/C(C)=C1\C(=O)C=C2Oc3c(C(C)=O)c(O)c(C)c(O)c3C2(C)C1=O. The lowest BCUT2D eigenvalue weighted by Crippen LogP contribution is -2.41. The summed E-state index contributed by atoms with van der Waals surface area (Å²) in [5.74, 6) is -3.31. The summed E-state index contributed by atoms with van der Waals surface area (Å²) in [5, 5.41) is 27.0. The summed E-state index contributed by atoms with van der Waals surface area (Å²) in [6.07, 6.45) is 0.00184. The van der Waals surface area contributed by atoms with Crippen molar-refractivity contribution in [2.75, 3.05) is 18.1 Å². The molecule has 2 aliphatic rings. The molecular formula is C32H33F3N2O7S. The first-order valence-electron chi connectivity index (χ1n) is 14.1. The van der Waals surface area contributed by atoms with E-state index in [0.717, 1.165) is 18.2 Å². The number of anilines is 1. The number of rotatable bonds is 10. The average molecular weight is 647 g/mol. The predicted molar refractivity (Wildman–Crippen MR) is 162 cm³/mol. The number of unbranched alkanes of at least 4 members (excludes halogenated alkanes) is 2. The Hall–Kier alpha value is -4.26. The van der Waals surface area contributed by atoms with E-state index < -0.39 is 51.9 Å². The number of allylic oxidation sites excluding steroid dienone is 4. The van der Waals surface area contributed by atoms with Crippen molar-refractivity contribution in [3.63, 3.8) is 0 Å². The van der Waals surface area contributed by atoms with Gasteiger partial charge in [0.1, 0.15) is 34.0 Å². The van der Waals surface area contributed by atoms with Crippen molar-refractivity contribution in [2.24, 2.45) is 0 Å². The smallest absolute Gasteiger partial charge is 0.416 e. The van der Waals surface area contributed by atoms with Crippen LogP contribution in [0.25, 0.3) is 0 Å². The molecule has 1 amide bonds. The molecular weight excluding hydrogens is 613 g/mol. The molecule has 1 atom stereocenters. The summed E-state index contributed by atoms with van der Waals surface area (Å²) in [6, 6.07) is 3.21. The molecule has 0 aromatic heterocycles. The first-order chi connectivity index (χ1) is 21.0.